The third-order valence-electron chi connectivity index (χ3n) is 2.82. The van der Waals surface area contributed by atoms with E-state index in [9.17, 15) is 9.59 Å². The molecular formula is C12H14N2O2. The Hall–Kier alpha value is -1.84. The number of hydrogen-bond acceptors (Lipinski definition) is 2. The Morgan fingerprint density at radius 2 is 1.25 bits per heavy atom. The molecule has 84 valence electrons. The summed E-state index contributed by atoms with van der Waals surface area (Å²) in [6.45, 7) is 4.04. The molecule has 2 aromatic rings. The molecule has 2 rings (SSSR count). The topological polar surface area (TPSA) is 65.7 Å². The summed E-state index contributed by atoms with van der Waals surface area (Å²) in [6.07, 6.45) is 1.64. The van der Waals surface area contributed by atoms with Crippen molar-refractivity contribution < 1.29 is 0 Å². The average Bonchev–Trinajstić information content (AvgIpc) is 2.29. The first-order valence-corrected chi connectivity index (χ1v) is 5.44. The third kappa shape index (κ3) is 1.56. The van der Waals surface area contributed by atoms with Crippen LogP contribution in [0.1, 0.15) is 25.0 Å². The monoisotopic (exact) mass is 218 g/mol. The quantitative estimate of drug-likeness (QED) is 0.747. The molecule has 0 aliphatic carbocycles. The SMILES string of the molecule is CCc1ccc(CC)c2[nH]c(=O)c(=O)[nH]c12. The zero-order chi connectivity index (χ0) is 11.7. The van der Waals surface area contributed by atoms with Crippen molar-refractivity contribution in [1.82, 2.24) is 9.97 Å². The molecule has 0 aliphatic rings. The molecule has 2 N–H and O–H groups in total. The summed E-state index contributed by atoms with van der Waals surface area (Å²) in [5, 5.41) is 0. The molecule has 4 heteroatoms. The Kier molecular flexibility index (Phi) is 2.64. The first-order chi connectivity index (χ1) is 7.67. The van der Waals surface area contributed by atoms with Gasteiger partial charge in [-0.1, -0.05) is 26.0 Å². The molecule has 0 spiro atoms. The van der Waals surface area contributed by atoms with E-state index in [1.165, 1.54) is 0 Å². The number of fused-ring (bicyclic) bond motifs is 1. The fraction of sp³-hybridized carbons (Fsp3) is 0.333. The summed E-state index contributed by atoms with van der Waals surface area (Å²) in [5.74, 6) is 0. The van der Waals surface area contributed by atoms with Gasteiger partial charge in [0.05, 0.1) is 11.0 Å². The molecule has 0 saturated heterocycles. The number of nitrogens with one attached hydrogen (secondary N) is 2. The molecule has 4 nitrogen and oxygen atoms in total. The van der Waals surface area contributed by atoms with Gasteiger partial charge in [0.25, 0.3) is 0 Å². The number of benzene rings is 1. The summed E-state index contributed by atoms with van der Waals surface area (Å²) in [5.41, 5.74) is 2.42. The molecule has 0 atom stereocenters. The third-order valence-corrected chi connectivity index (χ3v) is 2.82. The van der Waals surface area contributed by atoms with Gasteiger partial charge in [-0.2, -0.15) is 0 Å². The highest BCUT2D eigenvalue weighted by atomic mass is 16.2. The lowest BCUT2D eigenvalue weighted by molar-refractivity contribution is 1.07. The lowest BCUT2D eigenvalue weighted by Gasteiger charge is -2.07. The second kappa shape index (κ2) is 3.96. The second-order valence-electron chi connectivity index (χ2n) is 3.75. The van der Waals surface area contributed by atoms with Crippen LogP contribution in [-0.2, 0) is 12.8 Å². The van der Waals surface area contributed by atoms with Crippen LogP contribution in [0.15, 0.2) is 21.7 Å². The molecular weight excluding hydrogens is 204 g/mol. The van der Waals surface area contributed by atoms with Gasteiger partial charge in [0.15, 0.2) is 0 Å². The first-order valence-electron chi connectivity index (χ1n) is 5.44. The number of H-pyrrole nitrogens is 2. The maximum absolute atomic E-state index is 11.3. The molecule has 0 bridgehead atoms. The van der Waals surface area contributed by atoms with Crippen LogP contribution in [0.5, 0.6) is 0 Å². The molecule has 0 unspecified atom stereocenters. The van der Waals surface area contributed by atoms with Crippen molar-refractivity contribution in [3.63, 3.8) is 0 Å². The van der Waals surface area contributed by atoms with Crippen molar-refractivity contribution in [3.8, 4) is 0 Å². The van der Waals surface area contributed by atoms with Crippen LogP contribution >= 0.6 is 0 Å². The normalized spacial score (nSPS) is 10.9. The molecule has 0 radical (unpaired) electrons. The van der Waals surface area contributed by atoms with Gasteiger partial charge in [-0.15, -0.1) is 0 Å². The Labute approximate surface area is 92.3 Å². The Morgan fingerprint density at radius 1 is 0.875 bits per heavy atom. The van der Waals surface area contributed by atoms with Crippen LogP contribution in [-0.4, -0.2) is 9.97 Å². The van der Waals surface area contributed by atoms with Gasteiger partial charge in [-0.25, -0.2) is 0 Å². The second-order valence-corrected chi connectivity index (χ2v) is 3.75. The smallest absolute Gasteiger partial charge is 0.314 e. The van der Waals surface area contributed by atoms with E-state index in [2.05, 4.69) is 9.97 Å². The average molecular weight is 218 g/mol. The van der Waals surface area contributed by atoms with E-state index < -0.39 is 11.1 Å². The van der Waals surface area contributed by atoms with Gasteiger partial charge in [0.2, 0.25) is 0 Å². The Balaban J connectivity index is 2.96. The minimum atomic E-state index is -0.588. The van der Waals surface area contributed by atoms with Crippen molar-refractivity contribution in [2.45, 2.75) is 26.7 Å². The Bertz CT molecular complexity index is 581. The van der Waals surface area contributed by atoms with E-state index in [1.54, 1.807) is 0 Å². The Morgan fingerprint density at radius 3 is 1.56 bits per heavy atom. The number of hydrogen-bond donors (Lipinski definition) is 2. The van der Waals surface area contributed by atoms with E-state index in [-0.39, 0.29) is 0 Å². The summed E-state index contributed by atoms with van der Waals surface area (Å²) in [6, 6.07) is 3.99. The fourth-order valence-electron chi connectivity index (χ4n) is 1.90. The molecule has 1 heterocycles. The highest BCUT2D eigenvalue weighted by Crippen LogP contribution is 2.18. The molecule has 1 aromatic carbocycles. The zero-order valence-corrected chi connectivity index (χ0v) is 9.39. The van der Waals surface area contributed by atoms with E-state index in [0.717, 1.165) is 35.0 Å². The van der Waals surface area contributed by atoms with E-state index in [0.29, 0.717) is 0 Å². The molecule has 16 heavy (non-hydrogen) atoms. The highest BCUT2D eigenvalue weighted by molar-refractivity contribution is 5.81. The van der Waals surface area contributed by atoms with Gasteiger partial charge in [-0.05, 0) is 24.0 Å². The number of aryl methyl sites for hydroxylation is 2. The summed E-state index contributed by atoms with van der Waals surface area (Å²) in [7, 11) is 0. The zero-order valence-electron chi connectivity index (χ0n) is 9.39. The van der Waals surface area contributed by atoms with Crippen molar-refractivity contribution >= 4 is 11.0 Å². The molecule has 0 saturated carbocycles. The number of aromatic nitrogens is 2. The molecule has 1 aromatic heterocycles. The van der Waals surface area contributed by atoms with Crippen LogP contribution in [0.25, 0.3) is 11.0 Å². The van der Waals surface area contributed by atoms with Gasteiger partial charge < -0.3 is 9.97 Å². The fourth-order valence-corrected chi connectivity index (χ4v) is 1.90. The van der Waals surface area contributed by atoms with E-state index in [4.69, 9.17) is 0 Å². The minimum absolute atomic E-state index is 0.588. The summed E-state index contributed by atoms with van der Waals surface area (Å²) >= 11 is 0. The van der Waals surface area contributed by atoms with Crippen LogP contribution in [0.4, 0.5) is 0 Å². The minimum Gasteiger partial charge on any atom is -0.316 e. The van der Waals surface area contributed by atoms with E-state index in [1.807, 2.05) is 26.0 Å². The van der Waals surface area contributed by atoms with Crippen molar-refractivity contribution in [2.24, 2.45) is 0 Å². The van der Waals surface area contributed by atoms with Crippen LogP contribution in [0, 0.1) is 0 Å². The number of rotatable bonds is 2. The van der Waals surface area contributed by atoms with Gasteiger partial charge in [0.1, 0.15) is 0 Å². The van der Waals surface area contributed by atoms with Crippen molar-refractivity contribution in [2.75, 3.05) is 0 Å². The molecule has 0 fully saturated rings. The van der Waals surface area contributed by atoms with Gasteiger partial charge >= 0.3 is 11.1 Å². The van der Waals surface area contributed by atoms with Crippen molar-refractivity contribution in [3.05, 3.63) is 44.0 Å². The van der Waals surface area contributed by atoms with Crippen LogP contribution in [0.3, 0.4) is 0 Å². The molecule has 0 aliphatic heterocycles. The lowest BCUT2D eigenvalue weighted by atomic mass is 10.0. The molecule has 0 amide bonds. The maximum atomic E-state index is 11.3. The van der Waals surface area contributed by atoms with E-state index >= 15 is 0 Å². The standard InChI is InChI=1S/C12H14N2O2/c1-3-7-5-6-8(4-2)10-9(7)13-11(15)12(16)14-10/h5-6H,3-4H2,1-2H3,(H,13,15)(H,14,16). The first kappa shape index (κ1) is 10.7. The van der Waals surface area contributed by atoms with Gasteiger partial charge in [-0.3, -0.25) is 9.59 Å². The van der Waals surface area contributed by atoms with Crippen LogP contribution < -0.4 is 11.1 Å². The predicted molar refractivity (Wildman–Crippen MR) is 63.9 cm³/mol. The lowest BCUT2D eigenvalue weighted by Crippen LogP contribution is -2.29. The maximum Gasteiger partial charge on any atom is 0.314 e. The van der Waals surface area contributed by atoms with Crippen LogP contribution in [0.2, 0.25) is 0 Å². The highest BCUT2D eigenvalue weighted by Gasteiger charge is 2.07. The number of aromatic amines is 2. The largest absolute Gasteiger partial charge is 0.316 e. The predicted octanol–water partition coefficient (Wildman–Crippen LogP) is 1.34. The van der Waals surface area contributed by atoms with Crippen molar-refractivity contribution in [1.29, 1.82) is 0 Å². The van der Waals surface area contributed by atoms with Gasteiger partial charge in [0, 0.05) is 0 Å². The summed E-state index contributed by atoms with van der Waals surface area (Å²) in [4.78, 5) is 27.9. The summed E-state index contributed by atoms with van der Waals surface area (Å²) < 4.78 is 0.